The molecule has 3 rings (SSSR count). The Morgan fingerprint density at radius 2 is 1.75 bits per heavy atom. The molecule has 0 saturated carbocycles. The van der Waals surface area contributed by atoms with E-state index < -0.39 is 0 Å². The van der Waals surface area contributed by atoms with Crippen LogP contribution in [0.4, 0.5) is 0 Å². The van der Waals surface area contributed by atoms with Gasteiger partial charge in [0.05, 0.1) is 33.2 Å². The highest BCUT2D eigenvalue weighted by Gasteiger charge is 2.16. The highest BCUT2D eigenvalue weighted by atomic mass is 79.9. The zero-order valence-corrected chi connectivity index (χ0v) is 18.4. The minimum atomic E-state index is 0.550. The van der Waals surface area contributed by atoms with Crippen molar-refractivity contribution in [3.05, 3.63) is 56.6 Å². The van der Waals surface area contributed by atoms with E-state index in [1.54, 1.807) is 39.3 Å². The summed E-state index contributed by atoms with van der Waals surface area (Å²) >= 11 is 4.99. The van der Waals surface area contributed by atoms with E-state index in [9.17, 15) is 0 Å². The summed E-state index contributed by atoms with van der Waals surface area (Å²) < 4.78 is 19.2. The second-order valence-corrected chi connectivity index (χ2v) is 7.40. The van der Waals surface area contributed by atoms with Gasteiger partial charge in [0.2, 0.25) is 10.6 Å². The lowest BCUT2D eigenvalue weighted by Gasteiger charge is -2.14. The van der Waals surface area contributed by atoms with Gasteiger partial charge in [-0.2, -0.15) is 5.10 Å². The molecule has 0 aliphatic rings. The van der Waals surface area contributed by atoms with Gasteiger partial charge in [0, 0.05) is 22.5 Å². The van der Waals surface area contributed by atoms with Crippen molar-refractivity contribution < 1.29 is 14.2 Å². The van der Waals surface area contributed by atoms with E-state index in [4.69, 9.17) is 14.2 Å². The average Bonchev–Trinajstić information content (AvgIpc) is 3.14. The third-order valence-electron chi connectivity index (χ3n) is 4.01. The van der Waals surface area contributed by atoms with E-state index in [-0.39, 0.29) is 0 Å². The molecule has 0 radical (unpaired) electrons. The molecule has 146 valence electrons. The minimum Gasteiger partial charge on any atom is -0.493 e. The summed E-state index contributed by atoms with van der Waals surface area (Å²) in [6.45, 7) is 0. The van der Waals surface area contributed by atoms with Crippen molar-refractivity contribution >= 4 is 33.5 Å². The Balaban J connectivity index is 2.13. The number of thiazole rings is 1. The number of hydrogen-bond acceptors (Lipinski definition) is 6. The molecular weight excluding hydrogens is 442 g/mol. The van der Waals surface area contributed by atoms with Crippen molar-refractivity contribution in [3.8, 4) is 28.5 Å². The third-order valence-corrected chi connectivity index (χ3v) is 5.41. The first-order valence-corrected chi connectivity index (χ1v) is 10.0. The standard InChI is InChI=1S/C20H20BrN3O3S/c1-22-20-24(23-11-13-6-5-7-15(21)8-13)16(12-28-20)14-9-17(25-2)19(27-4)18(10-14)26-3/h5-12H,1-4H3. The van der Waals surface area contributed by atoms with Crippen LogP contribution in [0.2, 0.25) is 0 Å². The van der Waals surface area contributed by atoms with Crippen LogP contribution < -0.4 is 19.0 Å². The number of benzene rings is 2. The maximum absolute atomic E-state index is 5.48. The first-order valence-electron chi connectivity index (χ1n) is 8.35. The summed E-state index contributed by atoms with van der Waals surface area (Å²) in [6.07, 6.45) is 1.80. The predicted octanol–water partition coefficient (Wildman–Crippen LogP) is 4.42. The number of aromatic nitrogens is 1. The van der Waals surface area contributed by atoms with Crippen LogP contribution in [0.5, 0.6) is 17.2 Å². The molecule has 8 heteroatoms. The van der Waals surface area contributed by atoms with Gasteiger partial charge in [-0.15, -0.1) is 11.3 Å². The van der Waals surface area contributed by atoms with Crippen LogP contribution in [0.3, 0.4) is 0 Å². The zero-order valence-electron chi connectivity index (χ0n) is 16.0. The molecule has 2 aromatic carbocycles. The van der Waals surface area contributed by atoms with Gasteiger partial charge in [-0.05, 0) is 29.8 Å². The Morgan fingerprint density at radius 3 is 2.32 bits per heavy atom. The second kappa shape index (κ2) is 9.07. The fourth-order valence-corrected chi connectivity index (χ4v) is 3.92. The van der Waals surface area contributed by atoms with Gasteiger partial charge in [-0.25, -0.2) is 4.68 Å². The summed E-state index contributed by atoms with van der Waals surface area (Å²) in [5.74, 6) is 1.72. The molecule has 0 fully saturated rings. The van der Waals surface area contributed by atoms with Gasteiger partial charge >= 0.3 is 0 Å². The predicted molar refractivity (Wildman–Crippen MR) is 116 cm³/mol. The lowest BCUT2D eigenvalue weighted by atomic mass is 10.1. The van der Waals surface area contributed by atoms with Crippen LogP contribution in [0.1, 0.15) is 5.56 Å². The minimum absolute atomic E-state index is 0.550. The molecule has 6 nitrogen and oxygen atoms in total. The highest BCUT2D eigenvalue weighted by molar-refractivity contribution is 9.10. The molecule has 1 heterocycles. The molecule has 0 N–H and O–H groups in total. The van der Waals surface area contributed by atoms with Crippen molar-refractivity contribution in [1.82, 2.24) is 4.68 Å². The maximum Gasteiger partial charge on any atom is 0.205 e. The number of nitrogens with zero attached hydrogens (tertiary/aromatic N) is 3. The smallest absolute Gasteiger partial charge is 0.205 e. The Hall–Kier alpha value is -2.58. The fourth-order valence-electron chi connectivity index (χ4n) is 2.70. The molecule has 3 aromatic rings. The van der Waals surface area contributed by atoms with Crippen LogP contribution in [0.15, 0.2) is 56.3 Å². The maximum atomic E-state index is 5.48. The lowest BCUT2D eigenvalue weighted by molar-refractivity contribution is 0.324. The topological polar surface area (TPSA) is 57.3 Å². The first kappa shape index (κ1) is 20.2. The molecule has 1 aromatic heterocycles. The van der Waals surface area contributed by atoms with E-state index in [2.05, 4.69) is 26.0 Å². The number of hydrogen-bond donors (Lipinski definition) is 0. The molecule has 0 saturated heterocycles. The van der Waals surface area contributed by atoms with E-state index >= 15 is 0 Å². The number of halogens is 1. The summed E-state index contributed by atoms with van der Waals surface area (Å²) in [4.78, 5) is 5.11. The zero-order chi connectivity index (χ0) is 20.1. The Labute approximate surface area is 175 Å². The Bertz CT molecular complexity index is 1050. The largest absolute Gasteiger partial charge is 0.493 e. The number of ether oxygens (including phenoxy) is 3. The van der Waals surface area contributed by atoms with E-state index in [0.717, 1.165) is 26.1 Å². The molecule has 0 unspecified atom stereocenters. The molecule has 0 bridgehead atoms. The third kappa shape index (κ3) is 4.13. The summed E-state index contributed by atoms with van der Waals surface area (Å²) in [5, 5.41) is 6.65. The highest BCUT2D eigenvalue weighted by Crippen LogP contribution is 2.41. The molecule has 0 atom stereocenters. The first-order chi connectivity index (χ1) is 13.6. The van der Waals surface area contributed by atoms with Crippen molar-refractivity contribution in [1.29, 1.82) is 0 Å². The lowest BCUT2D eigenvalue weighted by Crippen LogP contribution is -2.11. The molecule has 0 amide bonds. The summed E-state index contributed by atoms with van der Waals surface area (Å²) in [6, 6.07) is 11.7. The van der Waals surface area contributed by atoms with Crippen molar-refractivity contribution in [3.63, 3.8) is 0 Å². The summed E-state index contributed by atoms with van der Waals surface area (Å²) in [5.41, 5.74) is 2.73. The van der Waals surface area contributed by atoms with Gasteiger partial charge < -0.3 is 14.2 Å². The van der Waals surface area contributed by atoms with Gasteiger partial charge in [0.1, 0.15) is 0 Å². The van der Waals surface area contributed by atoms with Gasteiger partial charge in [-0.1, -0.05) is 28.1 Å². The van der Waals surface area contributed by atoms with Crippen molar-refractivity contribution in [2.75, 3.05) is 28.4 Å². The summed E-state index contributed by atoms with van der Waals surface area (Å²) in [7, 11) is 6.53. The van der Waals surface area contributed by atoms with Crippen LogP contribution >= 0.6 is 27.3 Å². The number of methoxy groups -OCH3 is 3. The fraction of sp³-hybridized carbons (Fsp3) is 0.200. The Kier molecular flexibility index (Phi) is 6.53. The quantitative estimate of drug-likeness (QED) is 0.510. The van der Waals surface area contributed by atoms with Crippen molar-refractivity contribution in [2.45, 2.75) is 0 Å². The van der Waals surface area contributed by atoms with Crippen LogP contribution in [-0.2, 0) is 0 Å². The van der Waals surface area contributed by atoms with Gasteiger partial charge in [0.25, 0.3) is 0 Å². The van der Waals surface area contributed by atoms with Crippen LogP contribution in [0, 0.1) is 0 Å². The van der Waals surface area contributed by atoms with E-state index in [1.165, 1.54) is 11.3 Å². The van der Waals surface area contributed by atoms with Gasteiger partial charge in [0.15, 0.2) is 11.5 Å². The molecule has 0 aliphatic carbocycles. The molecule has 0 aliphatic heterocycles. The van der Waals surface area contributed by atoms with Crippen LogP contribution in [-0.4, -0.2) is 39.3 Å². The van der Waals surface area contributed by atoms with E-state index in [0.29, 0.717) is 17.2 Å². The average molecular weight is 462 g/mol. The second-order valence-electron chi connectivity index (χ2n) is 5.65. The van der Waals surface area contributed by atoms with Crippen LogP contribution in [0.25, 0.3) is 11.3 Å². The van der Waals surface area contributed by atoms with E-state index in [1.807, 2.05) is 41.8 Å². The van der Waals surface area contributed by atoms with Crippen molar-refractivity contribution in [2.24, 2.45) is 10.1 Å². The number of rotatable bonds is 6. The monoisotopic (exact) mass is 461 g/mol. The molecule has 0 spiro atoms. The molecule has 28 heavy (non-hydrogen) atoms. The van der Waals surface area contributed by atoms with Gasteiger partial charge in [-0.3, -0.25) is 4.99 Å². The Morgan fingerprint density at radius 1 is 1.04 bits per heavy atom. The normalized spacial score (nSPS) is 11.8. The SMILES string of the molecule is CN=c1scc(-c2cc(OC)c(OC)c(OC)c2)n1N=Cc1cccc(Br)c1. The molecular formula is C20H20BrN3O3S.